The number of para-hydroxylation sites is 1. The molecule has 0 spiro atoms. The molecule has 1 saturated heterocycles. The smallest absolute Gasteiger partial charge is 0.460 e. The van der Waals surface area contributed by atoms with Gasteiger partial charge in [-0.15, -0.1) is 4.83 Å². The SMILES string of the molecule is CN(NS(C)(=O)=O)c1ncnc2c1ncn2[C@@H]1OC(OP(=O)(NCC(=O)OCc2ccccc2)Oc2ccccc2)C(O)[C@@]1(C)O. The van der Waals surface area contributed by atoms with Crippen LogP contribution in [0.4, 0.5) is 5.82 Å². The summed E-state index contributed by atoms with van der Waals surface area (Å²) in [5.41, 5.74) is -1.09. The number of hydrogen-bond acceptors (Lipinski definition) is 14. The van der Waals surface area contributed by atoms with Crippen molar-refractivity contribution in [1.82, 2.24) is 29.4 Å². The second-order valence-corrected chi connectivity index (χ2v) is 13.9. The number of hydrazine groups is 1. The van der Waals surface area contributed by atoms with E-state index in [1.165, 1.54) is 37.0 Å². The fourth-order valence-corrected chi connectivity index (χ4v) is 6.46. The first kappa shape index (κ1) is 33.4. The Morgan fingerprint density at radius 3 is 2.48 bits per heavy atom. The molecule has 1 aliphatic heterocycles. The van der Waals surface area contributed by atoms with Crippen molar-refractivity contribution in [2.75, 3.05) is 24.9 Å². The van der Waals surface area contributed by atoms with Crippen LogP contribution in [0, 0.1) is 0 Å². The van der Waals surface area contributed by atoms with Gasteiger partial charge in [-0.3, -0.25) is 18.9 Å². The fraction of sp³-hybridized carbons (Fsp3) is 0.333. The fourth-order valence-electron chi connectivity index (χ4n) is 4.54. The molecule has 0 bridgehead atoms. The van der Waals surface area contributed by atoms with Gasteiger partial charge in [0, 0.05) is 7.05 Å². The number of benzene rings is 2. The van der Waals surface area contributed by atoms with Crippen LogP contribution in [0.15, 0.2) is 73.3 Å². The molecular formula is C27H32N7O10PS. The van der Waals surface area contributed by atoms with E-state index in [-0.39, 0.29) is 29.3 Å². The van der Waals surface area contributed by atoms with Crippen LogP contribution in [0.2, 0.25) is 0 Å². The number of nitrogens with zero attached hydrogens (tertiary/aromatic N) is 5. The van der Waals surface area contributed by atoms with E-state index >= 15 is 0 Å². The molecule has 0 radical (unpaired) electrons. The first-order chi connectivity index (χ1) is 21.8. The average molecular weight is 678 g/mol. The van der Waals surface area contributed by atoms with Crippen LogP contribution in [0.1, 0.15) is 18.7 Å². The number of esters is 1. The number of ether oxygens (including phenoxy) is 2. The summed E-state index contributed by atoms with van der Waals surface area (Å²) in [5, 5.41) is 26.0. The maximum Gasteiger partial charge on any atom is 0.461 e. The zero-order valence-electron chi connectivity index (χ0n) is 24.8. The zero-order chi connectivity index (χ0) is 33.1. The number of nitrogens with one attached hydrogen (secondary N) is 2. The quantitative estimate of drug-likeness (QED) is 0.0889. The molecule has 17 nitrogen and oxygen atoms in total. The average Bonchev–Trinajstić information content (AvgIpc) is 3.53. The Bertz CT molecular complexity index is 1830. The van der Waals surface area contributed by atoms with Crippen LogP contribution >= 0.6 is 7.75 Å². The highest BCUT2D eigenvalue weighted by Crippen LogP contribution is 2.50. The molecule has 4 N–H and O–H groups in total. The summed E-state index contributed by atoms with van der Waals surface area (Å²) < 4.78 is 61.1. The third-order valence-corrected chi connectivity index (χ3v) is 8.79. The molecule has 4 aromatic rings. The molecule has 1 fully saturated rings. The molecule has 246 valence electrons. The second kappa shape index (κ2) is 13.4. The Hall–Kier alpha value is -4.00. The predicted octanol–water partition coefficient (Wildman–Crippen LogP) is 1.23. The van der Waals surface area contributed by atoms with Gasteiger partial charge in [0.2, 0.25) is 16.3 Å². The lowest BCUT2D eigenvalue weighted by molar-refractivity contribution is -0.144. The zero-order valence-corrected chi connectivity index (χ0v) is 26.5. The number of rotatable bonds is 13. The molecule has 0 saturated carbocycles. The highest BCUT2D eigenvalue weighted by molar-refractivity contribution is 7.88. The second-order valence-electron chi connectivity index (χ2n) is 10.5. The summed E-state index contributed by atoms with van der Waals surface area (Å²) in [6.45, 7) is 0.639. The topological polar surface area (TPSA) is 217 Å². The van der Waals surface area contributed by atoms with Crippen LogP contribution in [0.25, 0.3) is 11.2 Å². The molecule has 3 heterocycles. The molecule has 2 aromatic heterocycles. The van der Waals surface area contributed by atoms with E-state index in [1.54, 1.807) is 42.5 Å². The third-order valence-electron chi connectivity index (χ3n) is 6.70. The van der Waals surface area contributed by atoms with Gasteiger partial charge >= 0.3 is 13.7 Å². The number of aliphatic hydroxyl groups is 2. The van der Waals surface area contributed by atoms with E-state index in [1.807, 2.05) is 6.07 Å². The lowest BCUT2D eigenvalue weighted by Gasteiger charge is -2.27. The Kier molecular flexibility index (Phi) is 9.71. The van der Waals surface area contributed by atoms with Crippen molar-refractivity contribution in [3.63, 3.8) is 0 Å². The Morgan fingerprint density at radius 1 is 1.13 bits per heavy atom. The number of carbonyl (C=O) groups is 1. The van der Waals surface area contributed by atoms with E-state index in [4.69, 9.17) is 18.5 Å². The summed E-state index contributed by atoms with van der Waals surface area (Å²) >= 11 is 0. The summed E-state index contributed by atoms with van der Waals surface area (Å²) in [4.78, 5) is 27.3. The Balaban J connectivity index is 1.36. The van der Waals surface area contributed by atoms with Crippen molar-refractivity contribution in [2.24, 2.45) is 0 Å². The summed E-state index contributed by atoms with van der Waals surface area (Å²) in [6.07, 6.45) is -1.61. The molecule has 19 heteroatoms. The Morgan fingerprint density at radius 2 is 1.80 bits per heavy atom. The van der Waals surface area contributed by atoms with Gasteiger partial charge in [-0.25, -0.2) is 33.0 Å². The van der Waals surface area contributed by atoms with E-state index < -0.39 is 54.5 Å². The predicted molar refractivity (Wildman–Crippen MR) is 162 cm³/mol. The molecule has 3 unspecified atom stereocenters. The molecule has 2 aromatic carbocycles. The Labute approximate surface area is 263 Å². The third kappa shape index (κ3) is 7.68. The van der Waals surface area contributed by atoms with E-state index in [2.05, 4.69) is 24.9 Å². The van der Waals surface area contributed by atoms with Gasteiger partial charge in [0.15, 0.2) is 23.2 Å². The molecule has 5 atom stereocenters. The number of sulfonamides is 1. The first-order valence-electron chi connectivity index (χ1n) is 13.7. The molecule has 1 aliphatic rings. The number of aromatic nitrogens is 4. The van der Waals surface area contributed by atoms with Crippen molar-refractivity contribution >= 4 is 40.7 Å². The standard InChI is InChI=1S/C27H32N7O10PS/c1-27(37)22(36)25(42-26(27)34-17-30-21-23(28-16-29-24(21)34)33(2)32-46(3,39)40)44-45(38,43-19-12-8-5-9-13-19)31-14-20(35)41-15-18-10-6-4-7-11-18/h4-13,16-17,22,25-26,32,36-37H,14-15H2,1-3H3,(H,31,38)/t22?,25?,26-,27-,45?/m1/s1. The molecule has 0 aliphatic carbocycles. The minimum absolute atomic E-state index is 0.0225. The number of fused-ring (bicyclic) bond motifs is 1. The number of imidazole rings is 1. The van der Waals surface area contributed by atoms with Crippen LogP contribution in [0.3, 0.4) is 0 Å². The summed E-state index contributed by atoms with van der Waals surface area (Å²) in [7, 11) is -6.74. The largest absolute Gasteiger partial charge is 0.461 e. The normalized spacial score (nSPS) is 22.8. The van der Waals surface area contributed by atoms with Crippen LogP contribution in [-0.2, 0) is 40.0 Å². The van der Waals surface area contributed by atoms with Gasteiger partial charge < -0.3 is 24.2 Å². The van der Waals surface area contributed by atoms with Gasteiger partial charge in [0.05, 0.1) is 12.6 Å². The minimum Gasteiger partial charge on any atom is -0.460 e. The van der Waals surface area contributed by atoms with E-state index in [9.17, 15) is 28.0 Å². The van der Waals surface area contributed by atoms with Crippen molar-refractivity contribution in [2.45, 2.75) is 37.8 Å². The minimum atomic E-state index is -4.50. The maximum absolute atomic E-state index is 14.0. The van der Waals surface area contributed by atoms with Crippen LogP contribution < -0.4 is 19.5 Å². The maximum atomic E-state index is 14.0. The molecular weight excluding hydrogens is 645 g/mol. The van der Waals surface area contributed by atoms with Crippen molar-refractivity contribution in [1.29, 1.82) is 0 Å². The summed E-state index contributed by atoms with van der Waals surface area (Å²) in [5.74, 6) is -0.564. The van der Waals surface area contributed by atoms with E-state index in [0.29, 0.717) is 0 Å². The highest BCUT2D eigenvalue weighted by Gasteiger charge is 2.56. The highest BCUT2D eigenvalue weighted by atomic mass is 32.2. The summed E-state index contributed by atoms with van der Waals surface area (Å²) in [6, 6.07) is 16.9. The molecule has 5 rings (SSSR count). The monoisotopic (exact) mass is 677 g/mol. The van der Waals surface area contributed by atoms with Crippen molar-refractivity contribution in [3.05, 3.63) is 78.9 Å². The van der Waals surface area contributed by atoms with Gasteiger partial charge in [-0.05, 0) is 24.6 Å². The van der Waals surface area contributed by atoms with Crippen molar-refractivity contribution < 1.29 is 46.5 Å². The van der Waals surface area contributed by atoms with Gasteiger partial charge in [0.25, 0.3) is 0 Å². The number of anilines is 1. The molecule has 46 heavy (non-hydrogen) atoms. The van der Waals surface area contributed by atoms with Crippen LogP contribution in [-0.4, -0.2) is 82.0 Å². The molecule has 0 amide bonds. The number of aliphatic hydroxyl groups excluding tert-OH is 1. The van der Waals surface area contributed by atoms with Gasteiger partial charge in [-0.2, -0.15) is 0 Å². The number of hydrogen-bond donors (Lipinski definition) is 4. The number of carbonyl (C=O) groups excluding carboxylic acids is 1. The first-order valence-corrected chi connectivity index (χ1v) is 17.1. The van der Waals surface area contributed by atoms with Crippen molar-refractivity contribution in [3.8, 4) is 5.75 Å². The lowest BCUT2D eigenvalue weighted by Crippen LogP contribution is -2.44. The van der Waals surface area contributed by atoms with Gasteiger partial charge in [-0.1, -0.05) is 48.5 Å². The van der Waals surface area contributed by atoms with Crippen LogP contribution in [0.5, 0.6) is 5.75 Å². The van der Waals surface area contributed by atoms with E-state index in [0.717, 1.165) is 23.2 Å². The van der Waals surface area contributed by atoms with Gasteiger partial charge in [0.1, 0.15) is 36.9 Å². The lowest BCUT2D eigenvalue weighted by atomic mass is 9.99.